The summed E-state index contributed by atoms with van der Waals surface area (Å²) in [6.07, 6.45) is 3.85. The molecule has 0 unspecified atom stereocenters. The van der Waals surface area contributed by atoms with Crippen molar-refractivity contribution >= 4 is 0 Å². The Bertz CT molecular complexity index is 169. The zero-order chi connectivity index (χ0) is 14.7. The average Bonchev–Trinajstić information content (AvgIpc) is 2.43. The molecule has 0 heterocycles. The molecule has 0 bridgehead atoms. The third kappa shape index (κ3) is 6.74. The fraction of sp³-hybridized carbons (Fsp3) is 1.00. The molecule has 0 aliphatic carbocycles. The fourth-order valence-electron chi connectivity index (χ4n) is 2.43. The molecule has 0 aromatic carbocycles. The molecule has 0 fully saturated rings. The van der Waals surface area contributed by atoms with E-state index in [2.05, 4.69) is 51.5 Å². The van der Waals surface area contributed by atoms with Gasteiger partial charge in [-0.1, -0.05) is 0 Å². The van der Waals surface area contributed by atoms with Gasteiger partial charge in [0, 0.05) is 0 Å². The van der Waals surface area contributed by atoms with Crippen LogP contribution in [0.1, 0.15) is 60.8 Å². The molecule has 0 saturated heterocycles. The second-order valence-corrected chi connectivity index (χ2v) is 12.9. The van der Waals surface area contributed by atoms with Crippen molar-refractivity contribution in [3.63, 3.8) is 0 Å². The first kappa shape index (κ1) is 19.6. The van der Waals surface area contributed by atoms with Crippen LogP contribution in [0, 0.1) is 0 Å². The Balaban J connectivity index is 5.04. The molecule has 0 spiro atoms. The third-order valence-electron chi connectivity index (χ3n) is 3.30. The van der Waals surface area contributed by atoms with Gasteiger partial charge in [0.1, 0.15) is 0 Å². The summed E-state index contributed by atoms with van der Waals surface area (Å²) in [5.41, 5.74) is 0. The standard InChI is InChI=1S/3C5H12N.Ta/c3*1-3-5-6-4-2;/h3*3-5H2,1-2H3;/q3*-1;+3. The summed E-state index contributed by atoms with van der Waals surface area (Å²) in [6.45, 7) is 21.5. The summed E-state index contributed by atoms with van der Waals surface area (Å²) in [4.78, 5) is 0. The second kappa shape index (κ2) is 12.4. The minimum absolute atomic E-state index is 1.23. The Kier molecular flexibility index (Phi) is 12.8. The van der Waals surface area contributed by atoms with Crippen molar-refractivity contribution in [1.29, 1.82) is 0 Å². The van der Waals surface area contributed by atoms with E-state index in [1.54, 1.807) is 0 Å². The van der Waals surface area contributed by atoms with Gasteiger partial charge in [-0.2, -0.15) is 0 Å². The molecule has 0 aromatic rings. The average molecular weight is 439 g/mol. The van der Waals surface area contributed by atoms with Gasteiger partial charge < -0.3 is 0 Å². The zero-order valence-electron chi connectivity index (χ0n) is 14.2. The Labute approximate surface area is 129 Å². The number of hydrogen-bond acceptors (Lipinski definition) is 3. The minimum atomic E-state index is -1.89. The van der Waals surface area contributed by atoms with Gasteiger partial charge in [0.05, 0.1) is 0 Å². The van der Waals surface area contributed by atoms with Crippen LogP contribution in [0.15, 0.2) is 0 Å². The predicted octanol–water partition coefficient (Wildman–Crippen LogP) is 3.55. The molecule has 19 heavy (non-hydrogen) atoms. The van der Waals surface area contributed by atoms with Crippen molar-refractivity contribution < 1.29 is 19.2 Å². The van der Waals surface area contributed by atoms with Crippen LogP contribution in [0.3, 0.4) is 0 Å². The van der Waals surface area contributed by atoms with Crippen molar-refractivity contribution in [3.05, 3.63) is 0 Å². The van der Waals surface area contributed by atoms with Crippen LogP contribution < -0.4 is 0 Å². The molecule has 116 valence electrons. The SMILES string of the molecule is CCC[N](CC)[Ta]([N](CC)CCC)[N](CC)CCC. The zero-order valence-corrected chi connectivity index (χ0v) is 17.4. The molecule has 0 aliphatic rings. The van der Waals surface area contributed by atoms with E-state index >= 15 is 0 Å². The number of hydrogen-bond donors (Lipinski definition) is 0. The van der Waals surface area contributed by atoms with E-state index in [0.717, 1.165) is 0 Å². The first-order valence-corrected chi connectivity index (χ1v) is 12.6. The summed E-state index contributed by atoms with van der Waals surface area (Å²) in [5.74, 6) is 0. The molecule has 0 aromatic heterocycles. The van der Waals surface area contributed by atoms with Crippen LogP contribution in [-0.4, -0.2) is 49.2 Å². The van der Waals surface area contributed by atoms with Crippen LogP contribution in [0.2, 0.25) is 0 Å². The molecule has 3 nitrogen and oxygen atoms in total. The quantitative estimate of drug-likeness (QED) is 0.461. The van der Waals surface area contributed by atoms with E-state index in [0.29, 0.717) is 0 Å². The molecule has 4 heteroatoms. The Morgan fingerprint density at radius 2 is 0.789 bits per heavy atom. The van der Waals surface area contributed by atoms with Crippen molar-refractivity contribution in [2.75, 3.05) is 39.3 Å². The van der Waals surface area contributed by atoms with E-state index in [-0.39, 0.29) is 0 Å². The van der Waals surface area contributed by atoms with Crippen molar-refractivity contribution in [1.82, 2.24) is 9.91 Å². The van der Waals surface area contributed by atoms with Gasteiger partial charge in [-0.05, 0) is 0 Å². The van der Waals surface area contributed by atoms with Crippen LogP contribution in [-0.2, 0) is 19.2 Å². The molecule has 0 amide bonds. The number of nitrogens with zero attached hydrogens (tertiary/aromatic N) is 3. The Morgan fingerprint density at radius 1 is 0.526 bits per heavy atom. The number of rotatable bonds is 12. The van der Waals surface area contributed by atoms with E-state index in [9.17, 15) is 0 Å². The maximum absolute atomic E-state index is 2.84. The molecule has 0 rings (SSSR count). The van der Waals surface area contributed by atoms with Gasteiger partial charge in [-0.25, -0.2) is 0 Å². The van der Waals surface area contributed by atoms with E-state index in [1.165, 1.54) is 58.5 Å². The molecule has 0 saturated carbocycles. The van der Waals surface area contributed by atoms with Gasteiger partial charge in [-0.15, -0.1) is 0 Å². The molecule has 0 radical (unpaired) electrons. The molecular formula is C15H36N3Ta. The Hall–Kier alpha value is 0.620. The first-order chi connectivity index (χ1) is 9.19. The van der Waals surface area contributed by atoms with Crippen LogP contribution >= 0.6 is 0 Å². The van der Waals surface area contributed by atoms with Crippen LogP contribution in [0.25, 0.3) is 0 Å². The van der Waals surface area contributed by atoms with E-state index in [1.807, 2.05) is 0 Å². The third-order valence-corrected chi connectivity index (χ3v) is 14.0. The molecule has 0 atom stereocenters. The molecular weight excluding hydrogens is 403 g/mol. The van der Waals surface area contributed by atoms with Gasteiger partial charge in [0.15, 0.2) is 0 Å². The van der Waals surface area contributed by atoms with Crippen molar-refractivity contribution in [2.24, 2.45) is 0 Å². The normalized spacial score (nSPS) is 12.3. The first-order valence-electron chi connectivity index (χ1n) is 8.24. The van der Waals surface area contributed by atoms with Gasteiger partial charge in [-0.3, -0.25) is 0 Å². The summed E-state index contributed by atoms with van der Waals surface area (Å²) in [6, 6.07) is 0. The summed E-state index contributed by atoms with van der Waals surface area (Å²) in [5, 5.41) is 0. The van der Waals surface area contributed by atoms with E-state index in [4.69, 9.17) is 0 Å². The summed E-state index contributed by atoms with van der Waals surface area (Å²) < 4.78 is 8.52. The van der Waals surface area contributed by atoms with Gasteiger partial charge >= 0.3 is 129 Å². The predicted molar refractivity (Wildman–Crippen MR) is 82.6 cm³/mol. The molecule has 0 N–H and O–H groups in total. The summed E-state index contributed by atoms with van der Waals surface area (Å²) in [7, 11) is 0. The Morgan fingerprint density at radius 3 is 0.947 bits per heavy atom. The molecule has 0 aliphatic heterocycles. The maximum atomic E-state index is 2.84. The van der Waals surface area contributed by atoms with Crippen LogP contribution in [0.4, 0.5) is 0 Å². The van der Waals surface area contributed by atoms with Crippen LogP contribution in [0.5, 0.6) is 0 Å². The second-order valence-electron chi connectivity index (χ2n) is 4.91. The monoisotopic (exact) mass is 439 g/mol. The van der Waals surface area contributed by atoms with Crippen molar-refractivity contribution in [3.8, 4) is 0 Å². The van der Waals surface area contributed by atoms with E-state index < -0.39 is 19.2 Å². The topological polar surface area (TPSA) is 9.72 Å². The van der Waals surface area contributed by atoms with Crippen molar-refractivity contribution in [2.45, 2.75) is 60.8 Å². The van der Waals surface area contributed by atoms with Gasteiger partial charge in [0.25, 0.3) is 0 Å². The fourth-order valence-corrected chi connectivity index (χ4v) is 13.1. The van der Waals surface area contributed by atoms with Gasteiger partial charge in [0.2, 0.25) is 0 Å². The summed E-state index contributed by atoms with van der Waals surface area (Å²) >= 11 is -1.89.